The minimum absolute atomic E-state index is 0.0623. The van der Waals surface area contributed by atoms with E-state index in [1.165, 1.54) is 24.8 Å². The molecule has 2 amide bonds. The number of hydrogen-bond donors (Lipinski definition) is 2. The Labute approximate surface area is 122 Å². The zero-order chi connectivity index (χ0) is 14.5. The molecule has 0 heterocycles. The van der Waals surface area contributed by atoms with Crippen LogP contribution in [0, 0.1) is 12.8 Å². The Hall–Kier alpha value is -1.51. The van der Waals surface area contributed by atoms with Crippen LogP contribution in [0.5, 0.6) is 0 Å². The van der Waals surface area contributed by atoms with Gasteiger partial charge in [0.2, 0.25) is 0 Å². The molecule has 1 aliphatic rings. The number of amides is 2. The zero-order valence-corrected chi connectivity index (χ0v) is 12.8. The van der Waals surface area contributed by atoms with Crippen LogP contribution in [-0.4, -0.2) is 12.1 Å². The van der Waals surface area contributed by atoms with E-state index < -0.39 is 0 Å². The molecule has 3 nitrogen and oxygen atoms in total. The lowest BCUT2D eigenvalue weighted by Gasteiger charge is -2.29. The Morgan fingerprint density at radius 1 is 1.30 bits per heavy atom. The number of urea groups is 1. The largest absolute Gasteiger partial charge is 0.335 e. The van der Waals surface area contributed by atoms with Gasteiger partial charge in [-0.25, -0.2) is 4.79 Å². The highest BCUT2D eigenvalue weighted by molar-refractivity contribution is 5.91. The molecule has 0 bridgehead atoms. The van der Waals surface area contributed by atoms with Crippen molar-refractivity contribution in [3.05, 3.63) is 29.3 Å². The summed E-state index contributed by atoms with van der Waals surface area (Å²) in [6.45, 7) is 6.38. The summed E-state index contributed by atoms with van der Waals surface area (Å²) in [5.74, 6) is 0.581. The van der Waals surface area contributed by atoms with Gasteiger partial charge in [0.1, 0.15) is 0 Å². The van der Waals surface area contributed by atoms with E-state index in [2.05, 4.69) is 30.5 Å². The molecule has 20 heavy (non-hydrogen) atoms. The molecule has 3 heteroatoms. The van der Waals surface area contributed by atoms with Crippen LogP contribution in [0.4, 0.5) is 10.5 Å². The van der Waals surface area contributed by atoms with Crippen molar-refractivity contribution in [2.75, 3.05) is 5.32 Å². The summed E-state index contributed by atoms with van der Waals surface area (Å²) in [6.07, 6.45) is 5.76. The van der Waals surface area contributed by atoms with Gasteiger partial charge in [0.15, 0.2) is 0 Å². The Bertz CT molecular complexity index is 470. The quantitative estimate of drug-likeness (QED) is 0.849. The van der Waals surface area contributed by atoms with E-state index in [9.17, 15) is 4.79 Å². The second kappa shape index (κ2) is 6.78. The van der Waals surface area contributed by atoms with Crippen LogP contribution in [0.1, 0.15) is 50.7 Å². The number of benzene rings is 1. The molecule has 1 aromatic carbocycles. The zero-order valence-electron chi connectivity index (χ0n) is 12.8. The van der Waals surface area contributed by atoms with Crippen LogP contribution in [-0.2, 0) is 6.42 Å². The van der Waals surface area contributed by atoms with Crippen molar-refractivity contribution in [2.24, 2.45) is 5.92 Å². The third-order valence-corrected chi connectivity index (χ3v) is 4.41. The van der Waals surface area contributed by atoms with Crippen molar-refractivity contribution >= 4 is 11.7 Å². The third kappa shape index (κ3) is 3.53. The number of hydrogen-bond acceptors (Lipinski definition) is 1. The number of carbonyl (C=O) groups is 1. The van der Waals surface area contributed by atoms with Crippen molar-refractivity contribution in [3.63, 3.8) is 0 Å². The van der Waals surface area contributed by atoms with Crippen molar-refractivity contribution in [3.8, 4) is 0 Å². The van der Waals surface area contributed by atoms with Crippen molar-refractivity contribution < 1.29 is 4.79 Å². The fourth-order valence-electron chi connectivity index (χ4n) is 3.05. The molecule has 2 rings (SSSR count). The van der Waals surface area contributed by atoms with Gasteiger partial charge in [-0.05, 0) is 43.2 Å². The summed E-state index contributed by atoms with van der Waals surface area (Å²) in [5.41, 5.74) is 3.28. The van der Waals surface area contributed by atoms with Crippen molar-refractivity contribution in [2.45, 2.75) is 58.9 Å². The lowest BCUT2D eigenvalue weighted by Crippen LogP contribution is -2.43. The topological polar surface area (TPSA) is 41.1 Å². The van der Waals surface area contributed by atoms with Gasteiger partial charge in [0.25, 0.3) is 0 Å². The van der Waals surface area contributed by atoms with Crippen LogP contribution in [0.25, 0.3) is 0 Å². The van der Waals surface area contributed by atoms with E-state index in [1.54, 1.807) is 0 Å². The lowest BCUT2D eigenvalue weighted by molar-refractivity contribution is 0.232. The van der Waals surface area contributed by atoms with Crippen LogP contribution in [0.2, 0.25) is 0 Å². The maximum atomic E-state index is 12.2. The number of anilines is 1. The second-order valence-electron chi connectivity index (χ2n) is 5.93. The molecule has 1 fully saturated rings. The Morgan fingerprint density at radius 3 is 2.75 bits per heavy atom. The van der Waals surface area contributed by atoms with Gasteiger partial charge in [-0.1, -0.05) is 44.9 Å². The number of rotatable bonds is 3. The fourth-order valence-corrected chi connectivity index (χ4v) is 3.05. The molecule has 0 aliphatic heterocycles. The van der Waals surface area contributed by atoms with Gasteiger partial charge in [-0.3, -0.25) is 0 Å². The molecule has 1 saturated carbocycles. The molecule has 1 aromatic rings. The Kier molecular flexibility index (Phi) is 5.05. The number of carbonyl (C=O) groups excluding carboxylic acids is 1. The van der Waals surface area contributed by atoms with Crippen LogP contribution < -0.4 is 10.6 Å². The van der Waals surface area contributed by atoms with Gasteiger partial charge in [0.05, 0.1) is 0 Å². The minimum atomic E-state index is -0.0623. The minimum Gasteiger partial charge on any atom is -0.335 e. The number of nitrogens with one attached hydrogen (secondary N) is 2. The van der Waals surface area contributed by atoms with Gasteiger partial charge < -0.3 is 10.6 Å². The smallest absolute Gasteiger partial charge is 0.319 e. The standard InChI is InChI=1S/C17H26N2O/c1-4-14-10-7-9-13(3)16(14)19-17(20)18-15-11-6-5-8-12(15)2/h7,9-10,12,15H,4-6,8,11H2,1-3H3,(H2,18,19,20)/t12-,15-/m0/s1. The molecule has 2 atom stereocenters. The predicted molar refractivity (Wildman–Crippen MR) is 84.1 cm³/mol. The van der Waals surface area contributed by atoms with E-state index in [4.69, 9.17) is 0 Å². The van der Waals surface area contributed by atoms with Crippen LogP contribution >= 0.6 is 0 Å². The van der Waals surface area contributed by atoms with Gasteiger partial charge >= 0.3 is 6.03 Å². The number of aryl methyl sites for hydroxylation is 2. The monoisotopic (exact) mass is 274 g/mol. The molecule has 1 aliphatic carbocycles. The molecule has 0 saturated heterocycles. The molecule has 110 valence electrons. The van der Waals surface area contributed by atoms with Crippen molar-refractivity contribution in [1.29, 1.82) is 0 Å². The SMILES string of the molecule is CCc1cccc(C)c1NC(=O)N[C@H]1CCCC[C@@H]1C. The third-order valence-electron chi connectivity index (χ3n) is 4.41. The average Bonchev–Trinajstić information content (AvgIpc) is 2.43. The first-order chi connectivity index (χ1) is 9.61. The molecule has 0 aromatic heterocycles. The molecule has 2 N–H and O–H groups in total. The summed E-state index contributed by atoms with van der Waals surface area (Å²) < 4.78 is 0. The van der Waals surface area contributed by atoms with E-state index in [0.717, 1.165) is 24.1 Å². The highest BCUT2D eigenvalue weighted by Crippen LogP contribution is 2.24. The Balaban J connectivity index is 2.01. The molecular formula is C17H26N2O. The Morgan fingerprint density at radius 2 is 2.05 bits per heavy atom. The van der Waals surface area contributed by atoms with E-state index in [-0.39, 0.29) is 6.03 Å². The summed E-state index contributed by atoms with van der Waals surface area (Å²) in [5, 5.41) is 6.19. The highest BCUT2D eigenvalue weighted by atomic mass is 16.2. The first-order valence-corrected chi connectivity index (χ1v) is 7.77. The first kappa shape index (κ1) is 14.9. The molecule has 0 spiro atoms. The molecule has 0 unspecified atom stereocenters. The van der Waals surface area contributed by atoms with E-state index in [0.29, 0.717) is 12.0 Å². The summed E-state index contributed by atoms with van der Waals surface area (Å²) in [7, 11) is 0. The maximum Gasteiger partial charge on any atom is 0.319 e. The number of para-hydroxylation sites is 1. The normalized spacial score (nSPS) is 22.4. The summed E-state index contributed by atoms with van der Waals surface area (Å²) in [6, 6.07) is 6.41. The van der Waals surface area contributed by atoms with Gasteiger partial charge in [-0.2, -0.15) is 0 Å². The highest BCUT2D eigenvalue weighted by Gasteiger charge is 2.23. The average molecular weight is 274 g/mol. The molecule has 0 radical (unpaired) electrons. The lowest BCUT2D eigenvalue weighted by atomic mass is 9.86. The molecular weight excluding hydrogens is 248 g/mol. The van der Waals surface area contributed by atoms with Gasteiger partial charge in [0, 0.05) is 11.7 Å². The fraction of sp³-hybridized carbons (Fsp3) is 0.588. The summed E-state index contributed by atoms with van der Waals surface area (Å²) >= 11 is 0. The van der Waals surface area contributed by atoms with E-state index >= 15 is 0 Å². The maximum absolute atomic E-state index is 12.2. The van der Waals surface area contributed by atoms with Crippen molar-refractivity contribution in [1.82, 2.24) is 5.32 Å². The second-order valence-corrected chi connectivity index (χ2v) is 5.93. The van der Waals surface area contributed by atoms with Gasteiger partial charge in [-0.15, -0.1) is 0 Å². The van der Waals surface area contributed by atoms with Crippen LogP contribution in [0.3, 0.4) is 0 Å². The first-order valence-electron chi connectivity index (χ1n) is 7.77. The van der Waals surface area contributed by atoms with Crippen LogP contribution in [0.15, 0.2) is 18.2 Å². The summed E-state index contributed by atoms with van der Waals surface area (Å²) in [4.78, 5) is 12.2. The van der Waals surface area contributed by atoms with E-state index in [1.807, 2.05) is 19.1 Å². The predicted octanol–water partition coefficient (Wildman–Crippen LogP) is 4.26.